The number of aryl methyl sites for hydroxylation is 1. The monoisotopic (exact) mass is 276 g/mol. The van der Waals surface area contributed by atoms with Gasteiger partial charge in [0.25, 0.3) is 0 Å². The Kier molecular flexibility index (Phi) is 4.56. The molecule has 0 bridgehead atoms. The van der Waals surface area contributed by atoms with Gasteiger partial charge in [-0.1, -0.05) is 12.1 Å². The molecular weight excluding hydrogens is 256 g/mol. The summed E-state index contributed by atoms with van der Waals surface area (Å²) >= 11 is 1.68. The van der Waals surface area contributed by atoms with Crippen LogP contribution in [0.15, 0.2) is 29.6 Å². The fourth-order valence-corrected chi connectivity index (χ4v) is 2.44. The molecule has 0 radical (unpaired) electrons. The summed E-state index contributed by atoms with van der Waals surface area (Å²) < 4.78 is 5.31. The van der Waals surface area contributed by atoms with Crippen molar-refractivity contribution in [3.05, 3.63) is 34.7 Å². The first-order chi connectivity index (χ1) is 9.10. The highest BCUT2D eigenvalue weighted by atomic mass is 32.1. The average molecular weight is 276 g/mol. The molecule has 0 spiro atoms. The molecule has 0 aliphatic carbocycles. The standard InChI is InChI=1S/C15H20N2OS/c1-10(11(2)18-4)16-14-7-5-13(6-8-14)15-9-19-12(3)17-15/h5-11,16H,1-4H3. The topological polar surface area (TPSA) is 34.1 Å². The predicted molar refractivity (Wildman–Crippen MR) is 81.8 cm³/mol. The van der Waals surface area contributed by atoms with Gasteiger partial charge in [0, 0.05) is 29.8 Å². The first-order valence-corrected chi connectivity index (χ1v) is 7.30. The van der Waals surface area contributed by atoms with Crippen molar-refractivity contribution in [1.82, 2.24) is 4.98 Å². The van der Waals surface area contributed by atoms with E-state index in [1.54, 1.807) is 18.4 Å². The minimum atomic E-state index is 0.181. The molecular formula is C15H20N2OS. The van der Waals surface area contributed by atoms with Gasteiger partial charge in [0.1, 0.15) is 0 Å². The maximum Gasteiger partial charge on any atom is 0.0901 e. The Morgan fingerprint density at radius 1 is 1.21 bits per heavy atom. The third kappa shape index (κ3) is 3.55. The lowest BCUT2D eigenvalue weighted by atomic mass is 10.1. The number of hydrogen-bond donors (Lipinski definition) is 1. The Morgan fingerprint density at radius 2 is 1.89 bits per heavy atom. The van der Waals surface area contributed by atoms with Crippen molar-refractivity contribution >= 4 is 17.0 Å². The van der Waals surface area contributed by atoms with Crippen LogP contribution in [0.3, 0.4) is 0 Å². The molecule has 2 rings (SSSR count). The minimum absolute atomic E-state index is 0.181. The lowest BCUT2D eigenvalue weighted by molar-refractivity contribution is 0.106. The zero-order valence-electron chi connectivity index (χ0n) is 11.8. The van der Waals surface area contributed by atoms with E-state index in [4.69, 9.17) is 4.74 Å². The summed E-state index contributed by atoms with van der Waals surface area (Å²) in [5, 5.41) is 6.62. The average Bonchev–Trinajstić information content (AvgIpc) is 2.85. The number of aromatic nitrogens is 1. The molecule has 3 nitrogen and oxygen atoms in total. The van der Waals surface area contributed by atoms with E-state index in [2.05, 4.69) is 53.8 Å². The lowest BCUT2D eigenvalue weighted by Gasteiger charge is -2.21. The van der Waals surface area contributed by atoms with Crippen molar-refractivity contribution in [1.29, 1.82) is 0 Å². The van der Waals surface area contributed by atoms with Gasteiger partial charge in [-0.15, -0.1) is 11.3 Å². The first kappa shape index (κ1) is 14.0. The summed E-state index contributed by atoms with van der Waals surface area (Å²) in [6, 6.07) is 8.64. The maximum atomic E-state index is 5.31. The fraction of sp³-hybridized carbons (Fsp3) is 0.400. The number of nitrogens with one attached hydrogen (secondary N) is 1. The number of ether oxygens (including phenoxy) is 1. The van der Waals surface area contributed by atoms with E-state index in [0.29, 0.717) is 0 Å². The van der Waals surface area contributed by atoms with Crippen molar-refractivity contribution in [2.45, 2.75) is 32.9 Å². The number of rotatable bonds is 5. The van der Waals surface area contributed by atoms with Crippen molar-refractivity contribution < 1.29 is 4.74 Å². The second-order valence-corrected chi connectivity index (χ2v) is 5.77. The fourth-order valence-electron chi connectivity index (χ4n) is 1.82. The maximum absolute atomic E-state index is 5.31. The number of benzene rings is 1. The van der Waals surface area contributed by atoms with E-state index in [9.17, 15) is 0 Å². The molecule has 0 saturated carbocycles. The summed E-state index contributed by atoms with van der Waals surface area (Å²) in [4.78, 5) is 4.49. The molecule has 19 heavy (non-hydrogen) atoms. The van der Waals surface area contributed by atoms with E-state index in [0.717, 1.165) is 22.0 Å². The molecule has 2 atom stereocenters. The van der Waals surface area contributed by atoms with E-state index in [1.165, 1.54) is 0 Å². The number of hydrogen-bond acceptors (Lipinski definition) is 4. The van der Waals surface area contributed by atoms with Crippen LogP contribution in [0, 0.1) is 6.92 Å². The van der Waals surface area contributed by atoms with Crippen LogP contribution in [0.5, 0.6) is 0 Å². The second kappa shape index (κ2) is 6.17. The van der Waals surface area contributed by atoms with E-state index >= 15 is 0 Å². The van der Waals surface area contributed by atoms with Crippen LogP contribution >= 0.6 is 11.3 Å². The van der Waals surface area contributed by atoms with Gasteiger partial charge in [-0.2, -0.15) is 0 Å². The highest BCUT2D eigenvalue weighted by Gasteiger charge is 2.10. The Bertz CT molecular complexity index is 521. The number of thiazole rings is 1. The zero-order valence-corrected chi connectivity index (χ0v) is 12.6. The van der Waals surface area contributed by atoms with Gasteiger partial charge >= 0.3 is 0 Å². The van der Waals surface area contributed by atoms with Gasteiger partial charge < -0.3 is 10.1 Å². The molecule has 1 aromatic carbocycles. The van der Waals surface area contributed by atoms with Crippen LogP contribution in [0.2, 0.25) is 0 Å². The Labute approximate surface area is 118 Å². The Balaban J connectivity index is 2.06. The molecule has 102 valence electrons. The molecule has 0 aliphatic heterocycles. The van der Waals surface area contributed by atoms with Crippen LogP contribution in [0.25, 0.3) is 11.3 Å². The second-order valence-electron chi connectivity index (χ2n) is 4.70. The Hall–Kier alpha value is -1.39. The minimum Gasteiger partial charge on any atom is -0.380 e. The van der Waals surface area contributed by atoms with E-state index in [-0.39, 0.29) is 12.1 Å². The normalized spacial score (nSPS) is 14.1. The van der Waals surface area contributed by atoms with Gasteiger partial charge in [-0.25, -0.2) is 4.98 Å². The van der Waals surface area contributed by atoms with Gasteiger partial charge in [0.2, 0.25) is 0 Å². The van der Waals surface area contributed by atoms with Crippen LogP contribution in [-0.4, -0.2) is 24.2 Å². The smallest absolute Gasteiger partial charge is 0.0901 e. The highest BCUT2D eigenvalue weighted by molar-refractivity contribution is 7.09. The molecule has 1 aromatic heterocycles. The van der Waals surface area contributed by atoms with E-state index in [1.807, 2.05) is 6.92 Å². The molecule has 0 amide bonds. The van der Waals surface area contributed by atoms with Crippen LogP contribution in [0.1, 0.15) is 18.9 Å². The molecule has 1 N–H and O–H groups in total. The number of anilines is 1. The number of nitrogens with zero attached hydrogens (tertiary/aromatic N) is 1. The van der Waals surface area contributed by atoms with Crippen LogP contribution < -0.4 is 5.32 Å². The molecule has 4 heteroatoms. The molecule has 1 heterocycles. The molecule has 0 aliphatic rings. The number of methoxy groups -OCH3 is 1. The molecule has 0 fully saturated rings. The summed E-state index contributed by atoms with van der Waals surface area (Å²) in [5.41, 5.74) is 3.31. The van der Waals surface area contributed by atoms with Crippen molar-refractivity contribution in [2.75, 3.05) is 12.4 Å². The van der Waals surface area contributed by atoms with Crippen LogP contribution in [-0.2, 0) is 4.74 Å². The summed E-state index contributed by atoms with van der Waals surface area (Å²) in [6.45, 7) is 6.20. The lowest BCUT2D eigenvalue weighted by Crippen LogP contribution is -2.29. The largest absolute Gasteiger partial charge is 0.380 e. The zero-order chi connectivity index (χ0) is 13.8. The highest BCUT2D eigenvalue weighted by Crippen LogP contribution is 2.23. The van der Waals surface area contributed by atoms with Gasteiger partial charge in [-0.05, 0) is 32.9 Å². The molecule has 2 unspecified atom stereocenters. The Morgan fingerprint density at radius 3 is 2.42 bits per heavy atom. The third-order valence-corrected chi connectivity index (χ3v) is 4.04. The summed E-state index contributed by atoms with van der Waals surface area (Å²) in [6.07, 6.45) is 0.181. The quantitative estimate of drug-likeness (QED) is 0.897. The van der Waals surface area contributed by atoms with Gasteiger partial charge in [-0.3, -0.25) is 0 Å². The predicted octanol–water partition coefficient (Wildman–Crippen LogP) is 3.95. The molecule has 2 aromatic rings. The summed E-state index contributed by atoms with van der Waals surface area (Å²) in [5.74, 6) is 0. The van der Waals surface area contributed by atoms with E-state index < -0.39 is 0 Å². The van der Waals surface area contributed by atoms with Gasteiger partial charge in [0.15, 0.2) is 0 Å². The third-order valence-electron chi connectivity index (χ3n) is 3.27. The van der Waals surface area contributed by atoms with Gasteiger partial charge in [0.05, 0.1) is 16.8 Å². The summed E-state index contributed by atoms with van der Waals surface area (Å²) in [7, 11) is 1.73. The SMILES string of the molecule is COC(C)C(C)Nc1ccc(-c2csc(C)n2)cc1. The van der Waals surface area contributed by atoms with Crippen molar-refractivity contribution in [3.63, 3.8) is 0 Å². The molecule has 0 saturated heterocycles. The van der Waals surface area contributed by atoms with Crippen molar-refractivity contribution in [3.8, 4) is 11.3 Å². The van der Waals surface area contributed by atoms with Crippen molar-refractivity contribution in [2.24, 2.45) is 0 Å². The first-order valence-electron chi connectivity index (χ1n) is 6.42. The van der Waals surface area contributed by atoms with Crippen LogP contribution in [0.4, 0.5) is 5.69 Å².